The van der Waals surface area contributed by atoms with E-state index in [0.29, 0.717) is 57.4 Å². The van der Waals surface area contributed by atoms with Gasteiger partial charge in [-0.2, -0.15) is 21.3 Å². The zero-order chi connectivity index (χ0) is 72.9. The Labute approximate surface area is 572 Å². The summed E-state index contributed by atoms with van der Waals surface area (Å²) in [5.74, 6) is 0. The van der Waals surface area contributed by atoms with Gasteiger partial charge >= 0.3 is 0 Å². The third-order valence-corrected chi connectivity index (χ3v) is 32.0. The van der Waals surface area contributed by atoms with Gasteiger partial charge in [0.05, 0.1) is 37.8 Å². The molecule has 0 aromatic carbocycles. The minimum absolute atomic E-state index is 0. The zero-order valence-electron chi connectivity index (χ0n) is 61.2. The van der Waals surface area contributed by atoms with Crippen molar-refractivity contribution >= 4 is 80.2 Å². The lowest BCUT2D eigenvalue weighted by molar-refractivity contribution is 0.151. The van der Waals surface area contributed by atoms with Gasteiger partial charge < -0.3 is 4.90 Å². The predicted octanol–water partition coefficient (Wildman–Crippen LogP) is 4.66. The van der Waals surface area contributed by atoms with E-state index in [1.165, 1.54) is 53.0 Å². The highest BCUT2D eigenvalue weighted by molar-refractivity contribution is 7.91. The molecule has 0 aromatic heterocycles. The molecule has 5 saturated heterocycles. The second-order valence-corrected chi connectivity index (χ2v) is 44.9. The van der Waals surface area contributed by atoms with Crippen LogP contribution in [0.25, 0.3) is 0 Å². The number of sulfonamides is 6. The third-order valence-electron chi connectivity index (χ3n) is 16.0. The summed E-state index contributed by atoms with van der Waals surface area (Å²) in [7, 11) is -16.2. The maximum Gasteiger partial charge on any atom is 0.281 e. The molecule has 27 nitrogen and oxygen atoms in total. The Morgan fingerprint density at radius 1 is 0.376 bits per heavy atom. The Balaban J connectivity index is -0.000000489. The van der Waals surface area contributed by atoms with Crippen molar-refractivity contribution < 1.29 is 67.3 Å². The third kappa shape index (κ3) is 36.4. The van der Waals surface area contributed by atoms with Gasteiger partial charge in [0, 0.05) is 144 Å². The van der Waals surface area contributed by atoms with Crippen LogP contribution < -0.4 is 4.72 Å². The molecule has 0 saturated carbocycles. The smallest absolute Gasteiger partial charge is 0.281 e. The van der Waals surface area contributed by atoms with Crippen LogP contribution in [0.15, 0.2) is 0 Å². The molecular weight excluding hydrogens is 1360 g/mol. The number of hydrogen-bond acceptors (Lipinski definition) is 19. The number of piperazine rings is 2. The quantitative estimate of drug-likeness (QED) is 0.184. The predicted molar refractivity (Wildman–Crippen MR) is 387 cm³/mol. The Morgan fingerprint density at radius 2 is 0.677 bits per heavy atom. The van der Waals surface area contributed by atoms with Gasteiger partial charge in [0.15, 0.2) is 0 Å². The van der Waals surface area contributed by atoms with Gasteiger partial charge in [-0.05, 0) is 169 Å². The Bertz CT molecular complexity index is 2840. The summed E-state index contributed by atoms with van der Waals surface area (Å²) in [4.78, 5) is 6.92. The van der Waals surface area contributed by atoms with E-state index in [4.69, 9.17) is 0 Å². The van der Waals surface area contributed by atoms with Gasteiger partial charge in [-0.15, -0.1) is 0 Å². The molecule has 0 amide bonds. The van der Waals surface area contributed by atoms with E-state index in [9.17, 15) is 67.3 Å². The average Bonchev–Trinajstić information content (AvgIpc) is 1.26. The molecule has 93 heavy (non-hydrogen) atoms. The van der Waals surface area contributed by atoms with Crippen molar-refractivity contribution in [3.63, 3.8) is 0 Å². The van der Waals surface area contributed by atoms with E-state index in [2.05, 4.69) is 61.0 Å². The molecular formula is C58H135N11O16S8. The van der Waals surface area contributed by atoms with Crippen molar-refractivity contribution in [3.05, 3.63) is 0 Å². The molecule has 5 heterocycles. The lowest BCUT2D eigenvalue weighted by atomic mass is 10.1. The van der Waals surface area contributed by atoms with Gasteiger partial charge in [-0.3, -0.25) is 9.80 Å². The summed E-state index contributed by atoms with van der Waals surface area (Å²) in [5, 5.41) is -1.57. The summed E-state index contributed by atoms with van der Waals surface area (Å²) in [6.45, 7) is 45.2. The number of piperidine rings is 2. The molecule has 5 aliphatic heterocycles. The Hall–Kier alpha value is -0.840. The van der Waals surface area contributed by atoms with Crippen molar-refractivity contribution in [2.75, 3.05) is 152 Å². The summed E-state index contributed by atoms with van der Waals surface area (Å²) < 4.78 is 193. The van der Waals surface area contributed by atoms with Gasteiger partial charge in [-0.1, -0.05) is 27.7 Å². The van der Waals surface area contributed by atoms with E-state index in [-0.39, 0.29) is 38.9 Å². The fraction of sp³-hybridized carbons (Fsp3) is 1.00. The monoisotopic (exact) mass is 1500 g/mol. The SMILES string of the molecule is C.CC(C)N1CCC(S(C)(=O)=O)CC1.CC(C)N1CCN(S(=O)(=O)N(C)C)CC1.CC(C)N1CCN(S(C)(=O)=O)CC1.CC(C)S(=O)(=O)N(C)C.CC(C)S(=O)(=O)N1CCCC1.CC(C)S(=O)(=O)N1CCCCC1.CCN(CC)S(=O)(=O)C(C)C.CNS(=O)(=O)C(C)C. The van der Waals surface area contributed by atoms with Crippen molar-refractivity contribution in [1.82, 2.24) is 49.6 Å². The highest BCUT2D eigenvalue weighted by Gasteiger charge is 2.32. The van der Waals surface area contributed by atoms with E-state index in [1.54, 1.807) is 101 Å². The first-order chi connectivity index (χ1) is 41.6. The van der Waals surface area contributed by atoms with Crippen LogP contribution in [-0.4, -0.2) is 314 Å². The normalized spacial score (nSPS) is 18.9. The van der Waals surface area contributed by atoms with E-state index >= 15 is 0 Å². The topological polar surface area (TPSA) is 318 Å². The van der Waals surface area contributed by atoms with Crippen molar-refractivity contribution in [2.24, 2.45) is 0 Å². The maximum atomic E-state index is 11.8. The number of rotatable bonds is 19. The molecule has 566 valence electrons. The molecule has 0 unspecified atom stereocenters. The van der Waals surface area contributed by atoms with Crippen LogP contribution >= 0.6 is 0 Å². The number of nitrogens with one attached hydrogen (secondary N) is 1. The summed E-state index contributed by atoms with van der Waals surface area (Å²) in [6, 6.07) is 1.55. The number of sulfone groups is 1. The number of hydrogen-bond donors (Lipinski definition) is 1. The van der Waals surface area contributed by atoms with Gasteiger partial charge in [0.25, 0.3) is 10.2 Å². The van der Waals surface area contributed by atoms with Crippen LogP contribution in [0, 0.1) is 0 Å². The standard InChI is InChI=1S/C9H21N3O2S.C9H19NO2S.C8H18N2O2S.C8H17NO2S.C7H15NO2S.C7H17NO2S.C5H13NO2S.C4H11NO2S.CH4/c1-9(2)11-5-7-12(8-6-11)15(13,14)10(3)4;1-8(2)10-6-4-9(5-7-10)13(3,11)12;1-8(2)9-4-6-10(7-5-9)13(3,11)12;1-8(2)12(10,11)9-6-4-3-5-7-9;1-7(2)11(9,10)8-5-3-4-6-8;1-5-8(6-2)11(9,10)7(3)4;1-5(2)9(7,8)6(3)4;1-4(2)8(6,7)5-3;/h9H,5-8H2,1-4H3;8-9H,4-7H2,1-3H3;8H,4-7H2,1-3H3;8H,3-7H2,1-2H3;7H,3-6H2,1-2H3;7H,5-6H2,1-4H3;5H,1-4H3;4-5H,1-3H3;1H4. The van der Waals surface area contributed by atoms with Gasteiger partial charge in [0.2, 0.25) is 60.1 Å². The summed E-state index contributed by atoms with van der Waals surface area (Å²) in [6.07, 6.45) is 9.48. The molecule has 0 spiro atoms. The molecule has 5 rings (SSSR count). The Kier molecular flexibility index (Phi) is 47.8. The van der Waals surface area contributed by atoms with E-state index < -0.39 is 80.2 Å². The molecule has 35 heteroatoms. The van der Waals surface area contributed by atoms with Crippen LogP contribution in [0.1, 0.15) is 177 Å². The highest BCUT2D eigenvalue weighted by Crippen LogP contribution is 2.20. The van der Waals surface area contributed by atoms with Crippen molar-refractivity contribution in [2.45, 2.75) is 227 Å². The average molecular weight is 1500 g/mol. The number of nitrogens with zero attached hydrogens (tertiary/aromatic N) is 10. The van der Waals surface area contributed by atoms with Crippen LogP contribution in [0.3, 0.4) is 0 Å². The van der Waals surface area contributed by atoms with E-state index in [0.717, 1.165) is 104 Å². The molecule has 1 N–H and O–H groups in total. The molecule has 5 aliphatic rings. The molecule has 0 aliphatic carbocycles. The van der Waals surface area contributed by atoms with Crippen LogP contribution in [0.5, 0.6) is 0 Å². The minimum Gasteiger partial charge on any atom is -0.301 e. The molecule has 0 atom stereocenters. The van der Waals surface area contributed by atoms with E-state index in [1.807, 2.05) is 13.8 Å². The lowest BCUT2D eigenvalue weighted by Gasteiger charge is -2.37. The van der Waals surface area contributed by atoms with Crippen molar-refractivity contribution in [3.8, 4) is 0 Å². The largest absolute Gasteiger partial charge is 0.301 e. The molecule has 0 radical (unpaired) electrons. The summed E-state index contributed by atoms with van der Waals surface area (Å²) >= 11 is 0. The summed E-state index contributed by atoms with van der Waals surface area (Å²) in [5.41, 5.74) is 0. The highest BCUT2D eigenvalue weighted by atomic mass is 32.2. The van der Waals surface area contributed by atoms with Gasteiger partial charge in [-0.25, -0.2) is 80.9 Å². The minimum atomic E-state index is -3.21. The van der Waals surface area contributed by atoms with Crippen molar-refractivity contribution in [1.29, 1.82) is 0 Å². The second kappa shape index (κ2) is 45.1. The zero-order valence-corrected chi connectivity index (χ0v) is 67.8. The second-order valence-electron chi connectivity index (χ2n) is 25.9. The fourth-order valence-electron chi connectivity index (χ4n) is 9.25. The molecule has 0 bridgehead atoms. The fourth-order valence-corrected chi connectivity index (χ4v) is 17.6. The van der Waals surface area contributed by atoms with Crippen LogP contribution in [0.4, 0.5) is 0 Å². The first-order valence-electron chi connectivity index (χ1n) is 32.5. The molecule has 5 fully saturated rings. The first kappa shape index (κ1) is 98.5. The first-order valence-corrected chi connectivity index (χ1v) is 45.2. The maximum absolute atomic E-state index is 11.8. The molecule has 0 aromatic rings. The van der Waals surface area contributed by atoms with Crippen LogP contribution in [0.2, 0.25) is 0 Å². The lowest BCUT2D eigenvalue weighted by Crippen LogP contribution is -2.53. The van der Waals surface area contributed by atoms with Gasteiger partial charge in [0.1, 0.15) is 9.84 Å². The Morgan fingerprint density at radius 3 is 0.871 bits per heavy atom. The van der Waals surface area contributed by atoms with Crippen LogP contribution in [-0.2, 0) is 80.2 Å². The number of likely N-dealkylation sites (tertiary alicyclic amines) is 1.